The summed E-state index contributed by atoms with van der Waals surface area (Å²) < 4.78 is 26.5. The molecule has 2 rings (SSSR count). The van der Waals surface area contributed by atoms with Crippen LogP contribution in [0.15, 0.2) is 18.2 Å². The minimum absolute atomic E-state index is 0.144. The number of aliphatic hydroxyl groups excluding tert-OH is 1. The van der Waals surface area contributed by atoms with Crippen molar-refractivity contribution in [2.24, 2.45) is 0 Å². The van der Waals surface area contributed by atoms with Crippen LogP contribution in [-0.4, -0.2) is 17.8 Å². The van der Waals surface area contributed by atoms with Gasteiger partial charge in [-0.25, -0.2) is 8.78 Å². The lowest BCUT2D eigenvalue weighted by atomic mass is 9.90. The second-order valence-corrected chi connectivity index (χ2v) is 5.95. The van der Waals surface area contributed by atoms with Crippen LogP contribution in [0.25, 0.3) is 0 Å². The first kappa shape index (κ1) is 15.4. The molecule has 0 amide bonds. The molecule has 1 aromatic carbocycles. The van der Waals surface area contributed by atoms with E-state index in [1.807, 2.05) is 6.92 Å². The molecule has 0 bridgehead atoms. The van der Waals surface area contributed by atoms with Gasteiger partial charge in [0.1, 0.15) is 0 Å². The number of rotatable bonds is 4. The normalized spacial score (nSPS) is 20.4. The number of hydrogen-bond donors (Lipinski definition) is 2. The topological polar surface area (TPSA) is 32.3 Å². The second-order valence-electron chi connectivity index (χ2n) is 5.95. The number of aliphatic hydroxyl groups is 1. The van der Waals surface area contributed by atoms with Gasteiger partial charge in [-0.2, -0.15) is 0 Å². The first-order chi connectivity index (χ1) is 9.55. The molecule has 1 atom stereocenters. The fourth-order valence-electron chi connectivity index (χ4n) is 2.93. The van der Waals surface area contributed by atoms with Crippen molar-refractivity contribution < 1.29 is 13.9 Å². The summed E-state index contributed by atoms with van der Waals surface area (Å²) in [4.78, 5) is 0. The lowest BCUT2D eigenvalue weighted by Gasteiger charge is -2.34. The molecule has 1 unspecified atom stereocenters. The van der Waals surface area contributed by atoms with Gasteiger partial charge in [-0.15, -0.1) is 0 Å². The van der Waals surface area contributed by atoms with E-state index in [9.17, 15) is 13.9 Å². The fraction of sp³-hybridized carbons (Fsp3) is 0.625. The van der Waals surface area contributed by atoms with Gasteiger partial charge < -0.3 is 10.4 Å². The first-order valence-electron chi connectivity index (χ1n) is 7.39. The van der Waals surface area contributed by atoms with Crippen LogP contribution in [0.4, 0.5) is 8.78 Å². The van der Waals surface area contributed by atoms with Gasteiger partial charge in [-0.05, 0) is 37.5 Å². The zero-order valence-corrected chi connectivity index (χ0v) is 12.0. The van der Waals surface area contributed by atoms with Crippen molar-refractivity contribution in [3.8, 4) is 0 Å². The third-order valence-electron chi connectivity index (χ3n) is 4.25. The molecule has 1 fully saturated rings. The van der Waals surface area contributed by atoms with E-state index in [0.717, 1.165) is 18.9 Å². The first-order valence-corrected chi connectivity index (χ1v) is 7.39. The van der Waals surface area contributed by atoms with E-state index >= 15 is 0 Å². The zero-order chi connectivity index (χ0) is 14.6. The van der Waals surface area contributed by atoms with E-state index in [4.69, 9.17) is 0 Å². The van der Waals surface area contributed by atoms with Gasteiger partial charge in [-0.3, -0.25) is 0 Å². The summed E-state index contributed by atoms with van der Waals surface area (Å²) in [6.07, 6.45) is 6.99. The smallest absolute Gasteiger partial charge is 0.159 e. The van der Waals surface area contributed by atoms with Gasteiger partial charge >= 0.3 is 0 Å². The van der Waals surface area contributed by atoms with Crippen molar-refractivity contribution >= 4 is 0 Å². The maximum absolute atomic E-state index is 13.4. The quantitative estimate of drug-likeness (QED) is 0.829. The van der Waals surface area contributed by atoms with Crippen molar-refractivity contribution in [3.63, 3.8) is 0 Å². The van der Waals surface area contributed by atoms with Crippen LogP contribution in [-0.2, 0) is 5.54 Å². The highest BCUT2D eigenvalue weighted by atomic mass is 19.2. The molecular formula is C16H23F2NO. The minimum atomic E-state index is -0.871. The molecule has 1 aliphatic carbocycles. The van der Waals surface area contributed by atoms with Gasteiger partial charge in [0.25, 0.3) is 0 Å². The Morgan fingerprint density at radius 2 is 1.80 bits per heavy atom. The molecular weight excluding hydrogens is 260 g/mol. The van der Waals surface area contributed by atoms with E-state index in [1.54, 1.807) is 6.07 Å². The third kappa shape index (κ3) is 3.55. The standard InChI is InChI=1S/C16H23F2NO/c1-16(11-20,12-8-9-14(17)15(18)10-12)19-13-6-4-2-3-5-7-13/h8-10,13,19-20H,2-7,11H2,1H3. The van der Waals surface area contributed by atoms with Crippen molar-refractivity contribution in [3.05, 3.63) is 35.4 Å². The molecule has 1 aliphatic rings. The Bertz CT molecular complexity index is 444. The molecule has 1 aromatic rings. The van der Waals surface area contributed by atoms with Gasteiger partial charge in [-0.1, -0.05) is 31.7 Å². The molecule has 2 nitrogen and oxygen atoms in total. The number of halogens is 2. The molecule has 0 heterocycles. The van der Waals surface area contributed by atoms with Crippen molar-refractivity contribution in [2.75, 3.05) is 6.61 Å². The molecule has 4 heteroatoms. The van der Waals surface area contributed by atoms with Crippen LogP contribution < -0.4 is 5.32 Å². The molecule has 20 heavy (non-hydrogen) atoms. The molecule has 112 valence electrons. The lowest BCUT2D eigenvalue weighted by molar-refractivity contribution is 0.156. The molecule has 0 spiro atoms. The Balaban J connectivity index is 2.16. The summed E-state index contributed by atoms with van der Waals surface area (Å²) in [5.41, 5.74) is -0.146. The Morgan fingerprint density at radius 3 is 2.35 bits per heavy atom. The minimum Gasteiger partial charge on any atom is -0.394 e. The molecule has 0 aromatic heterocycles. The van der Waals surface area contributed by atoms with E-state index in [0.29, 0.717) is 11.6 Å². The molecule has 0 saturated heterocycles. The Kier molecular flexibility index (Phi) is 5.11. The lowest BCUT2D eigenvalue weighted by Crippen LogP contribution is -2.48. The van der Waals surface area contributed by atoms with Crippen LogP contribution in [0.1, 0.15) is 51.0 Å². The van der Waals surface area contributed by atoms with Crippen LogP contribution in [0.2, 0.25) is 0 Å². The van der Waals surface area contributed by atoms with Crippen LogP contribution >= 0.6 is 0 Å². The van der Waals surface area contributed by atoms with Crippen LogP contribution in [0.3, 0.4) is 0 Å². The van der Waals surface area contributed by atoms with Gasteiger partial charge in [0.15, 0.2) is 11.6 Å². The van der Waals surface area contributed by atoms with E-state index in [1.165, 1.54) is 31.7 Å². The highest BCUT2D eigenvalue weighted by Gasteiger charge is 2.29. The second kappa shape index (κ2) is 6.64. The SMILES string of the molecule is CC(CO)(NC1CCCCCC1)c1ccc(F)c(F)c1. The van der Waals surface area contributed by atoms with Gasteiger partial charge in [0.05, 0.1) is 12.1 Å². The number of benzene rings is 1. The summed E-state index contributed by atoms with van der Waals surface area (Å²) in [5.74, 6) is -1.73. The highest BCUT2D eigenvalue weighted by Crippen LogP contribution is 2.26. The maximum atomic E-state index is 13.4. The summed E-state index contributed by atoms with van der Waals surface area (Å²) in [6.45, 7) is 1.69. The van der Waals surface area contributed by atoms with Crippen molar-refractivity contribution in [2.45, 2.75) is 57.0 Å². The largest absolute Gasteiger partial charge is 0.394 e. The number of nitrogens with one attached hydrogen (secondary N) is 1. The molecule has 0 radical (unpaired) electrons. The third-order valence-corrected chi connectivity index (χ3v) is 4.25. The van der Waals surface area contributed by atoms with Gasteiger partial charge in [0, 0.05) is 6.04 Å². The Labute approximate surface area is 119 Å². The van der Waals surface area contributed by atoms with E-state index < -0.39 is 17.2 Å². The van der Waals surface area contributed by atoms with Crippen LogP contribution in [0, 0.1) is 11.6 Å². The van der Waals surface area contributed by atoms with Crippen LogP contribution in [0.5, 0.6) is 0 Å². The molecule has 0 aliphatic heterocycles. The number of hydrogen-bond acceptors (Lipinski definition) is 2. The van der Waals surface area contributed by atoms with E-state index in [-0.39, 0.29) is 6.61 Å². The predicted molar refractivity (Wildman–Crippen MR) is 75.4 cm³/mol. The average molecular weight is 283 g/mol. The zero-order valence-electron chi connectivity index (χ0n) is 12.0. The summed E-state index contributed by atoms with van der Waals surface area (Å²) in [5, 5.41) is 13.2. The van der Waals surface area contributed by atoms with Crippen molar-refractivity contribution in [1.29, 1.82) is 0 Å². The highest BCUT2D eigenvalue weighted by molar-refractivity contribution is 5.25. The van der Waals surface area contributed by atoms with E-state index in [2.05, 4.69) is 5.32 Å². The monoisotopic (exact) mass is 283 g/mol. The fourth-order valence-corrected chi connectivity index (χ4v) is 2.93. The summed E-state index contributed by atoms with van der Waals surface area (Å²) in [6, 6.07) is 4.16. The van der Waals surface area contributed by atoms with Gasteiger partial charge in [0.2, 0.25) is 0 Å². The average Bonchev–Trinajstić information content (AvgIpc) is 2.70. The predicted octanol–water partition coefficient (Wildman–Crippen LogP) is 3.48. The molecule has 2 N–H and O–H groups in total. The molecule has 1 saturated carbocycles. The van der Waals surface area contributed by atoms with Crippen molar-refractivity contribution in [1.82, 2.24) is 5.32 Å². The maximum Gasteiger partial charge on any atom is 0.159 e. The Hall–Kier alpha value is -1.00. The summed E-state index contributed by atoms with van der Waals surface area (Å²) in [7, 11) is 0. The Morgan fingerprint density at radius 1 is 1.15 bits per heavy atom. The summed E-state index contributed by atoms with van der Waals surface area (Å²) >= 11 is 0.